The van der Waals surface area contributed by atoms with Crippen molar-refractivity contribution >= 4 is 0 Å². The van der Waals surface area contributed by atoms with Crippen LogP contribution < -0.4 is 5.32 Å². The summed E-state index contributed by atoms with van der Waals surface area (Å²) in [6.45, 7) is 7.62. The summed E-state index contributed by atoms with van der Waals surface area (Å²) in [7, 11) is 2.16. The highest BCUT2D eigenvalue weighted by atomic mass is 16.3. The quantitative estimate of drug-likeness (QED) is 0.648. The highest BCUT2D eigenvalue weighted by Crippen LogP contribution is 2.06. The molecule has 1 aromatic rings. The summed E-state index contributed by atoms with van der Waals surface area (Å²) in [6, 6.07) is 4.60. The van der Waals surface area contributed by atoms with Crippen molar-refractivity contribution in [3.05, 3.63) is 24.2 Å². The van der Waals surface area contributed by atoms with Crippen molar-refractivity contribution in [2.24, 2.45) is 0 Å². The molecule has 0 fully saturated rings. The molecule has 0 spiro atoms. The molecular formula is C15H28N2O. The minimum atomic E-state index is 0.615. The molecule has 1 heterocycles. The Hall–Kier alpha value is -0.800. The van der Waals surface area contributed by atoms with E-state index in [0.29, 0.717) is 6.04 Å². The number of hydrogen-bond acceptors (Lipinski definition) is 3. The van der Waals surface area contributed by atoms with Gasteiger partial charge in [-0.25, -0.2) is 0 Å². The van der Waals surface area contributed by atoms with Gasteiger partial charge in [0.1, 0.15) is 5.76 Å². The number of rotatable bonds is 10. The van der Waals surface area contributed by atoms with Crippen LogP contribution in [0.1, 0.15) is 45.3 Å². The SMILES string of the molecule is CC(C)NCCCCCCN(C)Cc1ccco1. The van der Waals surface area contributed by atoms with E-state index in [1.54, 1.807) is 6.26 Å². The van der Waals surface area contributed by atoms with Gasteiger partial charge in [-0.05, 0) is 45.1 Å². The molecule has 0 aliphatic heterocycles. The van der Waals surface area contributed by atoms with Crippen LogP contribution in [0.25, 0.3) is 0 Å². The highest BCUT2D eigenvalue weighted by molar-refractivity contribution is 4.97. The molecule has 3 heteroatoms. The van der Waals surface area contributed by atoms with E-state index < -0.39 is 0 Å². The molecule has 0 atom stereocenters. The number of hydrogen-bond donors (Lipinski definition) is 1. The number of unbranched alkanes of at least 4 members (excludes halogenated alkanes) is 3. The molecule has 0 bridgehead atoms. The zero-order valence-electron chi connectivity index (χ0n) is 12.1. The first-order valence-corrected chi connectivity index (χ1v) is 7.13. The zero-order chi connectivity index (χ0) is 13.2. The lowest BCUT2D eigenvalue weighted by atomic mass is 10.2. The smallest absolute Gasteiger partial charge is 0.117 e. The first kappa shape index (κ1) is 15.3. The van der Waals surface area contributed by atoms with Gasteiger partial charge < -0.3 is 9.73 Å². The van der Waals surface area contributed by atoms with Gasteiger partial charge in [-0.3, -0.25) is 4.90 Å². The van der Waals surface area contributed by atoms with E-state index in [1.807, 2.05) is 12.1 Å². The molecule has 18 heavy (non-hydrogen) atoms. The van der Waals surface area contributed by atoms with Gasteiger partial charge in [-0.1, -0.05) is 26.7 Å². The van der Waals surface area contributed by atoms with Gasteiger partial charge in [-0.15, -0.1) is 0 Å². The van der Waals surface area contributed by atoms with E-state index >= 15 is 0 Å². The minimum absolute atomic E-state index is 0.615. The van der Waals surface area contributed by atoms with E-state index in [9.17, 15) is 0 Å². The highest BCUT2D eigenvalue weighted by Gasteiger charge is 2.01. The molecule has 0 radical (unpaired) electrons. The van der Waals surface area contributed by atoms with Crippen molar-refractivity contribution in [3.8, 4) is 0 Å². The molecule has 0 unspecified atom stereocenters. The van der Waals surface area contributed by atoms with Crippen molar-refractivity contribution in [1.82, 2.24) is 10.2 Å². The Kier molecular flexibility index (Phi) is 7.78. The van der Waals surface area contributed by atoms with Gasteiger partial charge in [0, 0.05) is 6.04 Å². The Morgan fingerprint density at radius 3 is 2.67 bits per heavy atom. The van der Waals surface area contributed by atoms with Crippen LogP contribution in [-0.4, -0.2) is 31.1 Å². The second-order valence-electron chi connectivity index (χ2n) is 5.34. The Morgan fingerprint density at radius 1 is 1.22 bits per heavy atom. The molecular weight excluding hydrogens is 224 g/mol. The molecule has 0 saturated carbocycles. The molecule has 1 aromatic heterocycles. The molecule has 0 aliphatic rings. The van der Waals surface area contributed by atoms with E-state index in [4.69, 9.17) is 4.42 Å². The minimum Gasteiger partial charge on any atom is -0.468 e. The van der Waals surface area contributed by atoms with Crippen LogP contribution in [0.5, 0.6) is 0 Å². The first-order chi connectivity index (χ1) is 8.68. The number of furan rings is 1. The largest absolute Gasteiger partial charge is 0.468 e. The summed E-state index contributed by atoms with van der Waals surface area (Å²) in [4.78, 5) is 2.32. The van der Waals surface area contributed by atoms with Crippen LogP contribution in [0.3, 0.4) is 0 Å². The monoisotopic (exact) mass is 252 g/mol. The Balaban J connectivity index is 1.91. The van der Waals surface area contributed by atoms with Gasteiger partial charge in [0.05, 0.1) is 12.8 Å². The third-order valence-electron chi connectivity index (χ3n) is 3.03. The van der Waals surface area contributed by atoms with Crippen LogP contribution >= 0.6 is 0 Å². The number of nitrogens with zero attached hydrogens (tertiary/aromatic N) is 1. The lowest BCUT2D eigenvalue weighted by Gasteiger charge is -2.14. The maximum atomic E-state index is 5.34. The molecule has 0 amide bonds. The standard InChI is InChI=1S/C15H28N2O/c1-14(2)16-10-6-4-5-7-11-17(3)13-15-9-8-12-18-15/h8-9,12,14,16H,4-7,10-11,13H2,1-3H3. The van der Waals surface area contributed by atoms with Crippen LogP contribution in [0.2, 0.25) is 0 Å². The van der Waals surface area contributed by atoms with E-state index in [-0.39, 0.29) is 0 Å². The average Bonchev–Trinajstić information content (AvgIpc) is 2.80. The van der Waals surface area contributed by atoms with Gasteiger partial charge >= 0.3 is 0 Å². The fraction of sp³-hybridized carbons (Fsp3) is 0.733. The van der Waals surface area contributed by atoms with Crippen molar-refractivity contribution < 1.29 is 4.42 Å². The summed E-state index contributed by atoms with van der Waals surface area (Å²) in [5.74, 6) is 1.05. The lowest BCUT2D eigenvalue weighted by Crippen LogP contribution is -2.23. The predicted octanol–water partition coefficient (Wildman–Crippen LogP) is 3.27. The predicted molar refractivity (Wildman–Crippen MR) is 76.6 cm³/mol. The summed E-state index contributed by atoms with van der Waals surface area (Å²) >= 11 is 0. The van der Waals surface area contributed by atoms with Crippen molar-refractivity contribution in [2.45, 2.75) is 52.1 Å². The van der Waals surface area contributed by atoms with E-state index in [1.165, 1.54) is 25.7 Å². The van der Waals surface area contributed by atoms with Crippen molar-refractivity contribution in [2.75, 3.05) is 20.1 Å². The second kappa shape index (κ2) is 9.17. The summed E-state index contributed by atoms with van der Waals surface area (Å²) < 4.78 is 5.34. The molecule has 0 aromatic carbocycles. The van der Waals surface area contributed by atoms with Crippen molar-refractivity contribution in [3.63, 3.8) is 0 Å². The Morgan fingerprint density at radius 2 is 2.00 bits per heavy atom. The summed E-state index contributed by atoms with van der Waals surface area (Å²) in [5, 5.41) is 3.45. The third kappa shape index (κ3) is 7.51. The molecule has 104 valence electrons. The molecule has 1 rings (SSSR count). The summed E-state index contributed by atoms with van der Waals surface area (Å²) in [5.41, 5.74) is 0. The van der Waals surface area contributed by atoms with E-state index in [0.717, 1.165) is 25.4 Å². The van der Waals surface area contributed by atoms with Crippen LogP contribution in [0.15, 0.2) is 22.8 Å². The normalized spacial score (nSPS) is 11.6. The molecule has 0 aliphatic carbocycles. The maximum Gasteiger partial charge on any atom is 0.117 e. The maximum absolute atomic E-state index is 5.34. The second-order valence-corrected chi connectivity index (χ2v) is 5.34. The zero-order valence-corrected chi connectivity index (χ0v) is 12.1. The van der Waals surface area contributed by atoms with Gasteiger partial charge in [0.15, 0.2) is 0 Å². The fourth-order valence-corrected chi connectivity index (χ4v) is 2.00. The van der Waals surface area contributed by atoms with Crippen LogP contribution in [0, 0.1) is 0 Å². The summed E-state index contributed by atoms with van der Waals surface area (Å²) in [6.07, 6.45) is 6.96. The van der Waals surface area contributed by atoms with Gasteiger partial charge in [0.2, 0.25) is 0 Å². The van der Waals surface area contributed by atoms with Crippen molar-refractivity contribution in [1.29, 1.82) is 0 Å². The Bertz CT molecular complexity index is 283. The number of nitrogens with one attached hydrogen (secondary N) is 1. The lowest BCUT2D eigenvalue weighted by molar-refractivity contribution is 0.287. The Labute approximate surface area is 112 Å². The average molecular weight is 252 g/mol. The van der Waals surface area contributed by atoms with Crippen LogP contribution in [0.4, 0.5) is 0 Å². The fourth-order valence-electron chi connectivity index (χ4n) is 2.00. The first-order valence-electron chi connectivity index (χ1n) is 7.13. The molecule has 1 N–H and O–H groups in total. The van der Waals surface area contributed by atoms with E-state index in [2.05, 4.69) is 31.1 Å². The molecule has 0 saturated heterocycles. The van der Waals surface area contributed by atoms with Crippen LogP contribution in [-0.2, 0) is 6.54 Å². The molecule has 3 nitrogen and oxygen atoms in total. The third-order valence-corrected chi connectivity index (χ3v) is 3.03. The topological polar surface area (TPSA) is 28.4 Å². The van der Waals surface area contributed by atoms with Gasteiger partial charge in [-0.2, -0.15) is 0 Å². The van der Waals surface area contributed by atoms with Gasteiger partial charge in [0.25, 0.3) is 0 Å².